The van der Waals surface area contributed by atoms with E-state index in [0.29, 0.717) is 6.42 Å². The average Bonchev–Trinajstić information content (AvgIpc) is 3.09. The number of methoxy groups -OCH3 is 1. The number of ether oxygens (including phenoxy) is 3. The summed E-state index contributed by atoms with van der Waals surface area (Å²) < 4.78 is 17.6. The third-order valence-corrected chi connectivity index (χ3v) is 10.5. The van der Waals surface area contributed by atoms with Gasteiger partial charge in [0.15, 0.2) is 17.9 Å². The Kier molecular flexibility index (Phi) is 13.4. The summed E-state index contributed by atoms with van der Waals surface area (Å²) in [7, 11) is 1.32. The summed E-state index contributed by atoms with van der Waals surface area (Å²) in [5.41, 5.74) is 2.54. The third-order valence-electron chi connectivity index (χ3n) is 10.5. The van der Waals surface area contributed by atoms with Crippen LogP contribution in [0.5, 0.6) is 17.2 Å². The second kappa shape index (κ2) is 16.9. The lowest BCUT2D eigenvalue weighted by atomic mass is 9.72. The quantitative estimate of drug-likeness (QED) is 0.131. The maximum Gasteiger partial charge on any atom is 0.242 e. The lowest BCUT2D eigenvalue weighted by Gasteiger charge is -2.43. The number of hydrogen-bond donors (Lipinski definition) is 7. The van der Waals surface area contributed by atoms with Crippen LogP contribution in [0.4, 0.5) is 0 Å². The molecule has 1 fully saturated rings. The molecule has 8 N–H and O–H groups in total. The van der Waals surface area contributed by atoms with Crippen molar-refractivity contribution in [1.29, 1.82) is 0 Å². The molecule has 16 heteroatoms. The van der Waals surface area contributed by atoms with Crippen molar-refractivity contribution in [3.63, 3.8) is 0 Å². The van der Waals surface area contributed by atoms with Crippen LogP contribution in [0.2, 0.25) is 0 Å². The Labute approximate surface area is 325 Å². The fourth-order valence-corrected chi connectivity index (χ4v) is 7.65. The number of nitrogens with two attached hydrogens (primary N) is 1. The Morgan fingerprint density at radius 3 is 2.24 bits per heavy atom. The molecular weight excluding hydrogens is 738 g/mol. The number of carbonyl (C=O) groups is 5. The molecule has 0 radical (unpaired) electrons. The number of ketones is 3. The average molecular weight is 790 g/mol. The molecule has 55 heavy (non-hydrogen) atoms. The van der Waals surface area contributed by atoms with E-state index >= 15 is 0 Å². The van der Waals surface area contributed by atoms with Crippen LogP contribution in [-0.4, -0.2) is 98.9 Å². The maximum atomic E-state index is 13.9. The van der Waals surface area contributed by atoms with Gasteiger partial charge in [0.2, 0.25) is 17.6 Å². The standard InChI is InChI=1S/C39H51N3O12.ClH/c1-16(2)11-22(40)37(49)42-24(12-17(3)4)38(50)41-23-13-27(53-18(5)32(23)44)54-26-15-39(51,19(6)43)14-21-29(26)36(48)31-30(34(21)46)33(45)20-9-8-10-25(52-7)28(20)35(31)47;/h8-10,16-18,22-24,26-27,32,44,46,48,51H,11-15,40H2,1-7H3,(H,41,50)(H,42,49);1H. The number of benzene rings is 2. The third kappa shape index (κ3) is 8.52. The first-order chi connectivity index (χ1) is 25.3. The van der Waals surface area contributed by atoms with Gasteiger partial charge in [0.25, 0.3) is 0 Å². The zero-order valence-electron chi connectivity index (χ0n) is 32.0. The largest absolute Gasteiger partial charge is 0.507 e. The number of carbonyl (C=O) groups excluding carboxylic acids is 5. The number of aliphatic hydroxyl groups is 2. The predicted octanol–water partition coefficient (Wildman–Crippen LogP) is 2.51. The second-order valence-electron chi connectivity index (χ2n) is 15.5. The van der Waals surface area contributed by atoms with E-state index in [1.165, 1.54) is 25.3 Å². The molecule has 8 unspecified atom stereocenters. The summed E-state index contributed by atoms with van der Waals surface area (Å²) in [6.07, 6.45) is -5.14. The summed E-state index contributed by atoms with van der Waals surface area (Å²) >= 11 is 0. The fourth-order valence-electron chi connectivity index (χ4n) is 7.65. The number of nitrogens with one attached hydrogen (secondary N) is 2. The van der Waals surface area contributed by atoms with E-state index in [1.807, 2.05) is 27.7 Å². The molecule has 0 spiro atoms. The number of aromatic hydroxyl groups is 2. The molecule has 0 saturated carbocycles. The Bertz CT molecular complexity index is 1850. The van der Waals surface area contributed by atoms with Crippen molar-refractivity contribution < 1.29 is 58.6 Å². The molecule has 302 valence electrons. The van der Waals surface area contributed by atoms with E-state index in [-0.39, 0.29) is 65.1 Å². The van der Waals surface area contributed by atoms with Crippen molar-refractivity contribution in [2.45, 2.75) is 122 Å². The topological polar surface area (TPSA) is 244 Å². The molecule has 15 nitrogen and oxygen atoms in total. The minimum absolute atomic E-state index is 0. The fraction of sp³-hybridized carbons (Fsp3) is 0.564. The number of hydrogen-bond acceptors (Lipinski definition) is 13. The van der Waals surface area contributed by atoms with E-state index in [1.54, 1.807) is 6.92 Å². The van der Waals surface area contributed by atoms with Gasteiger partial charge in [0.1, 0.15) is 35.0 Å². The van der Waals surface area contributed by atoms with Crippen LogP contribution in [-0.2, 0) is 30.3 Å². The van der Waals surface area contributed by atoms with Gasteiger partial charge in [-0.25, -0.2) is 0 Å². The van der Waals surface area contributed by atoms with Crippen LogP contribution in [0.3, 0.4) is 0 Å². The van der Waals surface area contributed by atoms with Crippen LogP contribution < -0.4 is 21.1 Å². The molecule has 2 aromatic rings. The number of rotatable bonds is 12. The van der Waals surface area contributed by atoms with E-state index in [9.17, 15) is 44.4 Å². The lowest BCUT2D eigenvalue weighted by Crippen LogP contribution is -2.59. The SMILES string of the molecule is COc1cccc2c1C(=O)c1c(O)c3c(c(O)c1C2=O)CC(O)(C(C)=O)CC3OC1CC(NC(=O)C(CC(C)C)NC(=O)C(N)CC(C)C)C(O)C(C)O1.Cl. The Morgan fingerprint density at radius 1 is 1.00 bits per heavy atom. The maximum absolute atomic E-state index is 13.9. The molecular formula is C39H52ClN3O12. The predicted molar refractivity (Wildman–Crippen MR) is 200 cm³/mol. The van der Waals surface area contributed by atoms with Crippen molar-refractivity contribution in [2.24, 2.45) is 17.6 Å². The van der Waals surface area contributed by atoms with Crippen LogP contribution in [0.15, 0.2) is 18.2 Å². The smallest absolute Gasteiger partial charge is 0.242 e. The number of fused-ring (bicyclic) bond motifs is 3. The lowest BCUT2D eigenvalue weighted by molar-refractivity contribution is -0.249. The second-order valence-corrected chi connectivity index (χ2v) is 15.5. The Balaban J connectivity index is 0.00000673. The van der Waals surface area contributed by atoms with Gasteiger partial charge in [0, 0.05) is 36.0 Å². The Hall–Kier alpha value is -4.12. The van der Waals surface area contributed by atoms with E-state index in [0.717, 1.165) is 6.92 Å². The molecule has 2 aliphatic carbocycles. The highest BCUT2D eigenvalue weighted by Gasteiger charge is 2.50. The number of phenols is 2. The number of halogens is 1. The van der Waals surface area contributed by atoms with Gasteiger partial charge in [-0.1, -0.05) is 39.8 Å². The minimum atomic E-state index is -2.12. The number of Topliss-reactive ketones (excluding diaryl/α,β-unsaturated/α-hetero) is 1. The van der Waals surface area contributed by atoms with E-state index in [2.05, 4.69) is 10.6 Å². The summed E-state index contributed by atoms with van der Waals surface area (Å²) in [4.78, 5) is 67.1. The van der Waals surface area contributed by atoms with Crippen LogP contribution in [0.25, 0.3) is 0 Å². The molecule has 3 aliphatic rings. The minimum Gasteiger partial charge on any atom is -0.507 e. The first-order valence-corrected chi connectivity index (χ1v) is 18.2. The van der Waals surface area contributed by atoms with Crippen molar-refractivity contribution in [2.75, 3.05) is 7.11 Å². The molecule has 1 aliphatic heterocycles. The van der Waals surface area contributed by atoms with Gasteiger partial charge in [-0.05, 0) is 44.6 Å². The molecule has 1 saturated heterocycles. The zero-order valence-corrected chi connectivity index (χ0v) is 32.8. The summed E-state index contributed by atoms with van der Waals surface area (Å²) in [5.74, 6) is -4.41. The first-order valence-electron chi connectivity index (χ1n) is 18.2. The van der Waals surface area contributed by atoms with Crippen molar-refractivity contribution >= 4 is 41.6 Å². The van der Waals surface area contributed by atoms with Gasteiger partial charge in [-0.15, -0.1) is 12.4 Å². The van der Waals surface area contributed by atoms with Crippen LogP contribution in [0, 0.1) is 11.8 Å². The normalized spacial score (nSPS) is 25.6. The monoisotopic (exact) mass is 789 g/mol. The highest BCUT2D eigenvalue weighted by molar-refractivity contribution is 6.31. The molecule has 8 atom stereocenters. The molecule has 0 bridgehead atoms. The summed E-state index contributed by atoms with van der Waals surface area (Å²) in [6, 6.07) is 1.62. The molecule has 0 aromatic heterocycles. The van der Waals surface area contributed by atoms with E-state index in [4.69, 9.17) is 19.9 Å². The molecule has 2 amide bonds. The van der Waals surface area contributed by atoms with Crippen LogP contribution in [0.1, 0.15) is 116 Å². The van der Waals surface area contributed by atoms with Gasteiger partial charge >= 0.3 is 0 Å². The molecule has 5 rings (SSSR count). The van der Waals surface area contributed by atoms with Crippen molar-refractivity contribution in [1.82, 2.24) is 10.6 Å². The van der Waals surface area contributed by atoms with Gasteiger partial charge in [-0.2, -0.15) is 0 Å². The summed E-state index contributed by atoms with van der Waals surface area (Å²) in [5, 5.41) is 51.6. The highest BCUT2D eigenvalue weighted by atomic mass is 35.5. The van der Waals surface area contributed by atoms with Gasteiger partial charge < -0.3 is 51.0 Å². The number of amides is 2. The summed E-state index contributed by atoms with van der Waals surface area (Å²) in [6.45, 7) is 10.3. The van der Waals surface area contributed by atoms with Gasteiger partial charge in [0.05, 0.1) is 48.1 Å². The van der Waals surface area contributed by atoms with E-state index < -0.39 is 113 Å². The number of phenolic OH excluding ortho intramolecular Hbond substituents is 2. The zero-order chi connectivity index (χ0) is 40.0. The first kappa shape index (κ1) is 43.6. The van der Waals surface area contributed by atoms with Crippen molar-refractivity contribution in [3.8, 4) is 17.2 Å². The Morgan fingerprint density at radius 2 is 1.64 bits per heavy atom. The highest BCUT2D eigenvalue weighted by Crippen LogP contribution is 2.52. The molecule has 2 aromatic carbocycles. The van der Waals surface area contributed by atoms with Gasteiger partial charge in [-0.3, -0.25) is 24.0 Å². The molecule has 1 heterocycles. The van der Waals surface area contributed by atoms with Crippen LogP contribution >= 0.6 is 12.4 Å². The number of aliphatic hydroxyl groups excluding tert-OH is 1. The van der Waals surface area contributed by atoms with Crippen molar-refractivity contribution in [3.05, 3.63) is 51.6 Å².